The number of fused-ring (bicyclic) bond motifs is 1. The summed E-state index contributed by atoms with van der Waals surface area (Å²) in [6.45, 7) is 0.799. The molecule has 0 saturated heterocycles. The van der Waals surface area contributed by atoms with Crippen LogP contribution in [0.25, 0.3) is 0 Å². The molecule has 3 nitrogen and oxygen atoms in total. The first-order chi connectivity index (χ1) is 8.43. The van der Waals surface area contributed by atoms with Crippen molar-refractivity contribution in [2.75, 3.05) is 0 Å². The Morgan fingerprint density at radius 2 is 2.41 bits per heavy atom. The van der Waals surface area contributed by atoms with Gasteiger partial charge in [-0.15, -0.1) is 11.3 Å². The minimum Gasteiger partial charge on any atom is -0.304 e. The molecule has 0 spiro atoms. The molecular weight excluding hydrogens is 230 g/mol. The average molecular weight is 245 g/mol. The summed E-state index contributed by atoms with van der Waals surface area (Å²) in [7, 11) is 0. The maximum absolute atomic E-state index is 4.10. The second-order valence-electron chi connectivity index (χ2n) is 4.34. The lowest BCUT2D eigenvalue weighted by atomic mass is 9.94. The minimum atomic E-state index is 0.493. The first-order valence-electron chi connectivity index (χ1n) is 6.00. The molecule has 1 atom stereocenters. The van der Waals surface area contributed by atoms with Crippen LogP contribution in [0.1, 0.15) is 35.0 Å². The fourth-order valence-corrected chi connectivity index (χ4v) is 3.34. The van der Waals surface area contributed by atoms with E-state index >= 15 is 0 Å². The predicted octanol–water partition coefficient (Wildman–Crippen LogP) is 2.71. The zero-order valence-corrected chi connectivity index (χ0v) is 10.4. The van der Waals surface area contributed by atoms with Crippen LogP contribution in [0.2, 0.25) is 0 Å². The first kappa shape index (κ1) is 10.9. The highest BCUT2D eigenvalue weighted by Gasteiger charge is 2.20. The van der Waals surface area contributed by atoms with Gasteiger partial charge in [-0.2, -0.15) is 10.2 Å². The zero-order chi connectivity index (χ0) is 11.5. The molecule has 0 saturated carbocycles. The summed E-state index contributed by atoms with van der Waals surface area (Å²) < 4.78 is 0. The fourth-order valence-electron chi connectivity index (χ4n) is 2.35. The van der Waals surface area contributed by atoms with Gasteiger partial charge in [0.2, 0.25) is 0 Å². The van der Waals surface area contributed by atoms with Crippen molar-refractivity contribution in [3.05, 3.63) is 45.9 Å². The number of hydrogen-bond donors (Lipinski definition) is 1. The van der Waals surface area contributed by atoms with Crippen molar-refractivity contribution in [1.82, 2.24) is 15.5 Å². The van der Waals surface area contributed by atoms with Gasteiger partial charge in [0.1, 0.15) is 0 Å². The molecule has 2 heterocycles. The Bertz CT molecular complexity index is 480. The standard InChI is InChI=1S/C13H15N3S/c1-4-12(11-6-8-17-13(11)5-1)14-9-10-3-2-7-15-16-10/h2-3,6-8,12,14H,1,4-5,9H2. The summed E-state index contributed by atoms with van der Waals surface area (Å²) in [5.74, 6) is 0. The van der Waals surface area contributed by atoms with Gasteiger partial charge < -0.3 is 5.32 Å². The fraction of sp³-hybridized carbons (Fsp3) is 0.385. The van der Waals surface area contributed by atoms with E-state index in [0.717, 1.165) is 12.2 Å². The van der Waals surface area contributed by atoms with Gasteiger partial charge in [0, 0.05) is 23.7 Å². The number of hydrogen-bond acceptors (Lipinski definition) is 4. The van der Waals surface area contributed by atoms with Crippen molar-refractivity contribution < 1.29 is 0 Å². The van der Waals surface area contributed by atoms with E-state index in [1.54, 1.807) is 11.1 Å². The third-order valence-corrected chi connectivity index (χ3v) is 4.21. The van der Waals surface area contributed by atoms with Crippen molar-refractivity contribution in [3.63, 3.8) is 0 Å². The lowest BCUT2D eigenvalue weighted by Gasteiger charge is -2.23. The molecule has 0 fully saturated rings. The molecule has 1 aliphatic carbocycles. The summed E-state index contributed by atoms with van der Waals surface area (Å²) in [6, 6.07) is 6.69. The van der Waals surface area contributed by atoms with E-state index in [9.17, 15) is 0 Å². The molecule has 0 amide bonds. The van der Waals surface area contributed by atoms with Gasteiger partial charge in [-0.25, -0.2) is 0 Å². The van der Waals surface area contributed by atoms with E-state index in [0.29, 0.717) is 6.04 Å². The van der Waals surface area contributed by atoms with Crippen LogP contribution in [0.5, 0.6) is 0 Å². The van der Waals surface area contributed by atoms with Crippen molar-refractivity contribution in [1.29, 1.82) is 0 Å². The minimum absolute atomic E-state index is 0.493. The van der Waals surface area contributed by atoms with Crippen molar-refractivity contribution in [3.8, 4) is 0 Å². The van der Waals surface area contributed by atoms with E-state index in [1.165, 1.54) is 24.8 Å². The van der Waals surface area contributed by atoms with Crippen LogP contribution in [-0.4, -0.2) is 10.2 Å². The Balaban J connectivity index is 1.68. The second-order valence-corrected chi connectivity index (χ2v) is 5.34. The molecule has 0 aromatic carbocycles. The second kappa shape index (κ2) is 4.94. The summed E-state index contributed by atoms with van der Waals surface area (Å²) in [5, 5.41) is 13.8. The lowest BCUT2D eigenvalue weighted by molar-refractivity contribution is 0.459. The number of rotatable bonds is 3. The normalized spacial score (nSPS) is 18.9. The van der Waals surface area contributed by atoms with Crippen LogP contribution in [0.4, 0.5) is 0 Å². The van der Waals surface area contributed by atoms with Crippen molar-refractivity contribution in [2.24, 2.45) is 0 Å². The maximum atomic E-state index is 4.10. The average Bonchev–Trinajstić information content (AvgIpc) is 2.86. The molecule has 1 aliphatic rings. The zero-order valence-electron chi connectivity index (χ0n) is 9.60. The topological polar surface area (TPSA) is 37.8 Å². The van der Waals surface area contributed by atoms with Gasteiger partial charge in [0.15, 0.2) is 0 Å². The third kappa shape index (κ3) is 2.37. The molecule has 2 aromatic rings. The number of aromatic nitrogens is 2. The molecule has 1 N–H and O–H groups in total. The summed E-state index contributed by atoms with van der Waals surface area (Å²) in [5.41, 5.74) is 2.50. The quantitative estimate of drug-likeness (QED) is 0.903. The SMILES string of the molecule is c1cnnc(CNC2CCCc3sccc32)c1. The van der Waals surface area contributed by atoms with Crippen LogP contribution in [0.3, 0.4) is 0 Å². The number of aryl methyl sites for hydroxylation is 1. The van der Waals surface area contributed by atoms with Crippen LogP contribution in [0.15, 0.2) is 29.8 Å². The number of thiophene rings is 1. The lowest BCUT2D eigenvalue weighted by Crippen LogP contribution is -2.24. The van der Waals surface area contributed by atoms with Gasteiger partial charge >= 0.3 is 0 Å². The van der Waals surface area contributed by atoms with Gasteiger partial charge in [-0.3, -0.25) is 0 Å². The highest BCUT2D eigenvalue weighted by molar-refractivity contribution is 7.10. The largest absolute Gasteiger partial charge is 0.304 e. The van der Waals surface area contributed by atoms with E-state index in [-0.39, 0.29) is 0 Å². The van der Waals surface area contributed by atoms with Gasteiger partial charge in [-0.1, -0.05) is 0 Å². The Kier molecular flexibility index (Phi) is 3.16. The van der Waals surface area contributed by atoms with Gasteiger partial charge in [0.25, 0.3) is 0 Å². The van der Waals surface area contributed by atoms with E-state index in [4.69, 9.17) is 0 Å². The van der Waals surface area contributed by atoms with Gasteiger partial charge in [0.05, 0.1) is 5.69 Å². The van der Waals surface area contributed by atoms with Gasteiger partial charge in [-0.05, 0) is 48.4 Å². The number of nitrogens with one attached hydrogen (secondary N) is 1. The molecule has 17 heavy (non-hydrogen) atoms. The highest BCUT2D eigenvalue weighted by Crippen LogP contribution is 2.33. The summed E-state index contributed by atoms with van der Waals surface area (Å²) >= 11 is 1.88. The number of nitrogens with zero attached hydrogens (tertiary/aromatic N) is 2. The van der Waals surface area contributed by atoms with Crippen LogP contribution in [-0.2, 0) is 13.0 Å². The van der Waals surface area contributed by atoms with Crippen LogP contribution < -0.4 is 5.32 Å². The van der Waals surface area contributed by atoms with Crippen LogP contribution >= 0.6 is 11.3 Å². The molecule has 4 heteroatoms. The smallest absolute Gasteiger partial charge is 0.0769 e. The van der Waals surface area contributed by atoms with E-state index in [1.807, 2.05) is 23.5 Å². The van der Waals surface area contributed by atoms with E-state index in [2.05, 4.69) is 27.0 Å². The predicted molar refractivity (Wildman–Crippen MR) is 68.9 cm³/mol. The Hall–Kier alpha value is -1.26. The molecule has 0 bridgehead atoms. The molecule has 1 unspecified atom stereocenters. The summed E-state index contributed by atoms with van der Waals surface area (Å²) in [6.07, 6.45) is 5.47. The monoisotopic (exact) mass is 245 g/mol. The molecule has 3 rings (SSSR count). The third-order valence-electron chi connectivity index (χ3n) is 3.21. The Labute approximate surface area is 105 Å². The molecular formula is C13H15N3S. The molecule has 88 valence electrons. The first-order valence-corrected chi connectivity index (χ1v) is 6.87. The highest BCUT2D eigenvalue weighted by atomic mass is 32.1. The van der Waals surface area contributed by atoms with Crippen molar-refractivity contribution in [2.45, 2.75) is 31.8 Å². The van der Waals surface area contributed by atoms with E-state index < -0.39 is 0 Å². The molecule has 0 aliphatic heterocycles. The molecule has 0 radical (unpaired) electrons. The van der Waals surface area contributed by atoms with Crippen molar-refractivity contribution >= 4 is 11.3 Å². The van der Waals surface area contributed by atoms with Crippen LogP contribution in [0, 0.1) is 0 Å². The Morgan fingerprint density at radius 1 is 1.41 bits per heavy atom. The Morgan fingerprint density at radius 3 is 3.29 bits per heavy atom. The maximum Gasteiger partial charge on any atom is 0.0769 e. The molecule has 2 aromatic heterocycles. The summed E-state index contributed by atoms with van der Waals surface area (Å²) in [4.78, 5) is 1.55.